The van der Waals surface area contributed by atoms with Crippen molar-refractivity contribution in [1.29, 1.82) is 0 Å². The van der Waals surface area contributed by atoms with Gasteiger partial charge in [0.05, 0.1) is 0 Å². The Labute approximate surface area is 99.1 Å². The minimum absolute atomic E-state index is 0. The summed E-state index contributed by atoms with van der Waals surface area (Å²) in [5, 5.41) is 4.34. The van der Waals surface area contributed by atoms with Crippen molar-refractivity contribution in [3.05, 3.63) is 5.32 Å². The molecule has 0 atom stereocenters. The Morgan fingerprint density at radius 2 is 2.11 bits per heavy atom. The van der Waals surface area contributed by atoms with Crippen LogP contribution in [-0.4, -0.2) is 25.3 Å². The fourth-order valence-electron chi connectivity index (χ4n) is 0.780. The van der Waals surface area contributed by atoms with Crippen LogP contribution >= 0.6 is 0 Å². The number of morpholine rings is 1. The fourth-order valence-corrected chi connectivity index (χ4v) is 0.780. The molecule has 2 nitrogen and oxygen atoms in total. The zero-order chi connectivity index (χ0) is 6.04. The second-order valence-electron chi connectivity index (χ2n) is 2.75. The maximum atomic E-state index is 5.19. The molecule has 0 spiro atoms. The zero-order valence-corrected chi connectivity index (χ0v) is 9.60. The average molecular weight is 153 g/mol. The third-order valence-corrected chi connectivity index (χ3v) is 1.23. The monoisotopic (exact) mass is 153 g/mol. The van der Waals surface area contributed by atoms with Crippen molar-refractivity contribution in [2.75, 3.05) is 19.8 Å². The van der Waals surface area contributed by atoms with Gasteiger partial charge in [0.15, 0.2) is 0 Å². The van der Waals surface area contributed by atoms with Crippen LogP contribution < -0.4 is 51.4 Å². The molecule has 1 aliphatic rings. The van der Waals surface area contributed by atoms with Crippen LogP contribution in [0.15, 0.2) is 0 Å². The molecule has 3 heteroatoms. The first-order chi connectivity index (χ1) is 3.71. The van der Waals surface area contributed by atoms with Crippen molar-refractivity contribution < 1.29 is 56.1 Å². The van der Waals surface area contributed by atoms with Crippen LogP contribution in [0.1, 0.15) is 13.8 Å². The molecule has 48 valence electrons. The normalized spacial score (nSPS) is 24.7. The van der Waals surface area contributed by atoms with Gasteiger partial charge in [0.25, 0.3) is 0 Å². The Kier molecular flexibility index (Phi) is 5.20. The van der Waals surface area contributed by atoms with Crippen molar-refractivity contribution in [1.82, 2.24) is 0 Å². The average Bonchev–Trinajstić information content (AvgIpc) is 1.65. The molecule has 9 heavy (non-hydrogen) atoms. The van der Waals surface area contributed by atoms with E-state index in [1.165, 1.54) is 0 Å². The van der Waals surface area contributed by atoms with Crippen LogP contribution in [0.5, 0.6) is 0 Å². The molecule has 0 bridgehead atoms. The van der Waals surface area contributed by atoms with Crippen LogP contribution in [0.25, 0.3) is 5.32 Å². The van der Waals surface area contributed by atoms with Crippen molar-refractivity contribution >= 4 is 0 Å². The summed E-state index contributed by atoms with van der Waals surface area (Å²) in [7, 11) is 0. The van der Waals surface area contributed by atoms with Gasteiger partial charge in [-0.2, -0.15) is 0 Å². The first kappa shape index (κ1) is 10.6. The summed E-state index contributed by atoms with van der Waals surface area (Å²) in [5.74, 6) is 0. The molecule has 0 aromatic heterocycles. The predicted molar refractivity (Wildman–Crippen MR) is 33.1 cm³/mol. The standard InChI is InChI=1S/C6H12NO.K/c1-6(2)5-8-4-3-7-6;/h3-5H2,1-2H3;/q-1;+1. The molecule has 0 aromatic carbocycles. The number of nitrogens with zero attached hydrogens (tertiary/aromatic N) is 1. The summed E-state index contributed by atoms with van der Waals surface area (Å²) < 4.78 is 5.19. The van der Waals surface area contributed by atoms with Gasteiger partial charge in [-0.05, 0) is 0 Å². The minimum Gasteiger partial charge on any atom is -0.653 e. The molecule has 0 aromatic rings. The molecule has 1 saturated heterocycles. The van der Waals surface area contributed by atoms with Gasteiger partial charge in [0.1, 0.15) is 0 Å². The zero-order valence-electron chi connectivity index (χ0n) is 6.48. The summed E-state index contributed by atoms with van der Waals surface area (Å²) in [4.78, 5) is 0. The molecule has 0 aliphatic carbocycles. The van der Waals surface area contributed by atoms with Crippen molar-refractivity contribution in [3.8, 4) is 0 Å². The Morgan fingerprint density at radius 3 is 2.33 bits per heavy atom. The number of ether oxygens (including phenoxy) is 1. The second-order valence-corrected chi connectivity index (χ2v) is 2.75. The molecule has 1 rings (SSSR count). The van der Waals surface area contributed by atoms with E-state index in [1.54, 1.807) is 0 Å². The summed E-state index contributed by atoms with van der Waals surface area (Å²) in [5.41, 5.74) is 0.0816. The second kappa shape index (κ2) is 4.44. The van der Waals surface area contributed by atoms with Gasteiger partial charge in [-0.3, -0.25) is 0 Å². The molecule has 1 fully saturated rings. The molecular weight excluding hydrogens is 141 g/mol. The van der Waals surface area contributed by atoms with E-state index in [0.717, 1.165) is 19.8 Å². The number of hydrogen-bond donors (Lipinski definition) is 0. The molecule has 0 amide bonds. The fraction of sp³-hybridized carbons (Fsp3) is 1.00. The third kappa shape index (κ3) is 4.09. The molecule has 0 unspecified atom stereocenters. The van der Waals surface area contributed by atoms with E-state index >= 15 is 0 Å². The number of rotatable bonds is 0. The van der Waals surface area contributed by atoms with Gasteiger partial charge in [0, 0.05) is 13.2 Å². The van der Waals surface area contributed by atoms with E-state index in [9.17, 15) is 0 Å². The molecule has 0 saturated carbocycles. The van der Waals surface area contributed by atoms with Crippen molar-refractivity contribution in [2.24, 2.45) is 0 Å². The Hall–Kier alpha value is 1.56. The summed E-state index contributed by atoms with van der Waals surface area (Å²) in [6.45, 7) is 6.64. The summed E-state index contributed by atoms with van der Waals surface area (Å²) >= 11 is 0. The molecule has 0 radical (unpaired) electrons. The van der Waals surface area contributed by atoms with Gasteiger partial charge in [0.2, 0.25) is 0 Å². The van der Waals surface area contributed by atoms with E-state index in [0.29, 0.717) is 0 Å². The van der Waals surface area contributed by atoms with E-state index in [-0.39, 0.29) is 56.9 Å². The summed E-state index contributed by atoms with van der Waals surface area (Å²) in [6, 6.07) is 0. The molecule has 0 N–H and O–H groups in total. The maximum Gasteiger partial charge on any atom is 1.00 e. The predicted octanol–water partition coefficient (Wildman–Crippen LogP) is -1.83. The van der Waals surface area contributed by atoms with Crippen molar-refractivity contribution in [2.45, 2.75) is 19.4 Å². The SMILES string of the molecule is CC1(C)COCC[N-]1.[K+]. The van der Waals surface area contributed by atoms with Gasteiger partial charge in [-0.25, -0.2) is 0 Å². The first-order valence-corrected chi connectivity index (χ1v) is 2.97. The van der Waals surface area contributed by atoms with Crippen LogP contribution in [0.2, 0.25) is 0 Å². The molecule has 1 aliphatic heterocycles. The number of hydrogen-bond acceptors (Lipinski definition) is 1. The largest absolute Gasteiger partial charge is 1.00 e. The van der Waals surface area contributed by atoms with Crippen molar-refractivity contribution in [3.63, 3.8) is 0 Å². The van der Waals surface area contributed by atoms with E-state index in [4.69, 9.17) is 4.74 Å². The van der Waals surface area contributed by atoms with Crippen LogP contribution in [-0.2, 0) is 4.74 Å². The third-order valence-electron chi connectivity index (χ3n) is 1.23. The molecule has 1 heterocycles. The first-order valence-electron chi connectivity index (χ1n) is 2.97. The minimum atomic E-state index is 0. The summed E-state index contributed by atoms with van der Waals surface area (Å²) in [6.07, 6.45) is 0. The smallest absolute Gasteiger partial charge is 0.653 e. The van der Waals surface area contributed by atoms with E-state index in [2.05, 4.69) is 19.2 Å². The maximum absolute atomic E-state index is 5.19. The van der Waals surface area contributed by atoms with Gasteiger partial charge in [-0.1, -0.05) is 13.8 Å². The quantitative estimate of drug-likeness (QED) is 0.376. The topological polar surface area (TPSA) is 23.3 Å². The van der Waals surface area contributed by atoms with Gasteiger partial charge < -0.3 is 10.1 Å². The van der Waals surface area contributed by atoms with Crippen LogP contribution in [0, 0.1) is 0 Å². The van der Waals surface area contributed by atoms with E-state index < -0.39 is 0 Å². The molecular formula is C6H12KNO. The van der Waals surface area contributed by atoms with Gasteiger partial charge >= 0.3 is 51.4 Å². The van der Waals surface area contributed by atoms with Crippen LogP contribution in [0.4, 0.5) is 0 Å². The Morgan fingerprint density at radius 1 is 1.44 bits per heavy atom. The Balaban J connectivity index is 0.000000640. The van der Waals surface area contributed by atoms with Crippen LogP contribution in [0.3, 0.4) is 0 Å². The van der Waals surface area contributed by atoms with E-state index in [1.807, 2.05) is 0 Å². The Bertz CT molecular complexity index is 77.1. The van der Waals surface area contributed by atoms with Gasteiger partial charge in [-0.15, -0.1) is 12.1 Å².